The van der Waals surface area contributed by atoms with Crippen LogP contribution in [0.25, 0.3) is 0 Å². The molecule has 2 amide bonds. The van der Waals surface area contributed by atoms with Crippen LogP contribution in [-0.4, -0.2) is 51.0 Å². The Balaban J connectivity index is 2.03. The number of hydrogen-bond acceptors (Lipinski definition) is 4. The average molecular weight is 627 g/mol. The van der Waals surface area contributed by atoms with E-state index in [1.807, 2.05) is 54.6 Å². The Kier molecular flexibility index (Phi) is 10.0. The maximum atomic E-state index is 13.8. The lowest BCUT2D eigenvalue weighted by Crippen LogP contribution is -2.52. The molecule has 0 saturated heterocycles. The Labute approximate surface area is 235 Å². The van der Waals surface area contributed by atoms with Gasteiger partial charge in [-0.2, -0.15) is 0 Å². The number of amides is 2. The third kappa shape index (κ3) is 7.95. The molecule has 0 aliphatic rings. The highest BCUT2D eigenvalue weighted by Crippen LogP contribution is 2.29. The summed E-state index contributed by atoms with van der Waals surface area (Å²) >= 11 is 15.5. The largest absolute Gasteiger partial charge is 0.357 e. The number of sulfonamides is 1. The van der Waals surface area contributed by atoms with Crippen molar-refractivity contribution in [3.63, 3.8) is 0 Å². The number of anilines is 1. The molecule has 1 atom stereocenters. The Hall–Kier alpha value is -2.59. The van der Waals surface area contributed by atoms with E-state index in [9.17, 15) is 18.0 Å². The van der Waals surface area contributed by atoms with Crippen molar-refractivity contribution in [3.8, 4) is 0 Å². The highest BCUT2D eigenvalue weighted by molar-refractivity contribution is 9.10. The Morgan fingerprint density at radius 3 is 2.16 bits per heavy atom. The van der Waals surface area contributed by atoms with Crippen LogP contribution in [0.1, 0.15) is 11.1 Å². The van der Waals surface area contributed by atoms with Crippen molar-refractivity contribution in [2.24, 2.45) is 0 Å². The van der Waals surface area contributed by atoms with Gasteiger partial charge < -0.3 is 10.2 Å². The molecule has 0 heterocycles. The summed E-state index contributed by atoms with van der Waals surface area (Å²) in [7, 11) is -2.39. The second-order valence-electron chi connectivity index (χ2n) is 8.34. The molecule has 0 radical (unpaired) electrons. The van der Waals surface area contributed by atoms with Gasteiger partial charge in [0.1, 0.15) is 12.6 Å². The van der Waals surface area contributed by atoms with Crippen molar-refractivity contribution in [1.82, 2.24) is 10.2 Å². The van der Waals surface area contributed by atoms with E-state index in [0.717, 1.165) is 26.2 Å². The van der Waals surface area contributed by atoms with Gasteiger partial charge in [-0.05, 0) is 41.5 Å². The summed E-state index contributed by atoms with van der Waals surface area (Å²) in [5, 5.41) is 3.05. The van der Waals surface area contributed by atoms with Crippen LogP contribution in [0.5, 0.6) is 0 Å². The first kappa shape index (κ1) is 29.0. The van der Waals surface area contributed by atoms with Gasteiger partial charge in [0.2, 0.25) is 21.8 Å². The first-order valence-electron chi connectivity index (χ1n) is 11.2. The van der Waals surface area contributed by atoms with Crippen molar-refractivity contribution in [2.45, 2.75) is 19.0 Å². The number of carbonyl (C=O) groups is 2. The third-order valence-corrected chi connectivity index (χ3v) is 8.06. The zero-order valence-corrected chi connectivity index (χ0v) is 24.1. The van der Waals surface area contributed by atoms with Crippen molar-refractivity contribution in [1.29, 1.82) is 0 Å². The molecule has 0 spiro atoms. The number of nitrogens with one attached hydrogen (secondary N) is 1. The molecule has 3 aromatic carbocycles. The van der Waals surface area contributed by atoms with E-state index < -0.39 is 28.5 Å². The summed E-state index contributed by atoms with van der Waals surface area (Å²) in [5.74, 6) is -0.918. The van der Waals surface area contributed by atoms with Gasteiger partial charge in [-0.15, -0.1) is 0 Å². The summed E-state index contributed by atoms with van der Waals surface area (Å²) in [6, 6.07) is 20.1. The Morgan fingerprint density at radius 1 is 0.946 bits per heavy atom. The van der Waals surface area contributed by atoms with Crippen LogP contribution < -0.4 is 9.62 Å². The van der Waals surface area contributed by atoms with Gasteiger partial charge in [0, 0.05) is 24.5 Å². The molecule has 0 aliphatic carbocycles. The van der Waals surface area contributed by atoms with E-state index in [-0.39, 0.29) is 34.6 Å². The molecule has 0 unspecified atom stereocenters. The monoisotopic (exact) mass is 625 g/mol. The maximum absolute atomic E-state index is 13.8. The molecule has 1 N–H and O–H groups in total. The van der Waals surface area contributed by atoms with Crippen LogP contribution in [0, 0.1) is 0 Å². The number of hydrogen-bond donors (Lipinski definition) is 1. The van der Waals surface area contributed by atoms with Crippen molar-refractivity contribution >= 4 is 66.7 Å². The quantitative estimate of drug-likeness (QED) is 0.347. The Bertz CT molecular complexity index is 1360. The minimum atomic E-state index is -3.89. The molecule has 3 rings (SSSR count). The first-order valence-corrected chi connectivity index (χ1v) is 14.6. The topological polar surface area (TPSA) is 86.8 Å². The van der Waals surface area contributed by atoms with Crippen molar-refractivity contribution in [2.75, 3.05) is 24.2 Å². The van der Waals surface area contributed by atoms with Crippen molar-refractivity contribution < 1.29 is 18.0 Å². The molecular formula is C26H26BrCl2N3O4S. The second-order valence-corrected chi connectivity index (χ2v) is 12.0. The van der Waals surface area contributed by atoms with Gasteiger partial charge in [0.15, 0.2) is 0 Å². The molecular weight excluding hydrogens is 601 g/mol. The minimum Gasteiger partial charge on any atom is -0.357 e. The van der Waals surface area contributed by atoms with Gasteiger partial charge in [0.05, 0.1) is 22.0 Å². The number of carbonyl (C=O) groups excluding carboxylic acids is 2. The van der Waals surface area contributed by atoms with E-state index >= 15 is 0 Å². The summed E-state index contributed by atoms with van der Waals surface area (Å²) in [4.78, 5) is 28.3. The van der Waals surface area contributed by atoms with Gasteiger partial charge in [-0.1, -0.05) is 81.6 Å². The summed E-state index contributed by atoms with van der Waals surface area (Å²) in [5.41, 5.74) is 1.82. The zero-order valence-electron chi connectivity index (χ0n) is 20.2. The minimum absolute atomic E-state index is 0.0933. The molecule has 37 heavy (non-hydrogen) atoms. The van der Waals surface area contributed by atoms with Gasteiger partial charge >= 0.3 is 0 Å². The summed E-state index contributed by atoms with van der Waals surface area (Å²) in [6.07, 6.45) is 1.25. The summed E-state index contributed by atoms with van der Waals surface area (Å²) < 4.78 is 27.3. The molecule has 0 aliphatic heterocycles. The molecule has 11 heteroatoms. The molecule has 0 bridgehead atoms. The summed E-state index contributed by atoms with van der Waals surface area (Å²) in [6.45, 7) is -0.439. The van der Waals surface area contributed by atoms with E-state index in [4.69, 9.17) is 23.2 Å². The fraction of sp³-hybridized carbons (Fsp3) is 0.231. The lowest BCUT2D eigenvalue weighted by molar-refractivity contribution is -0.139. The third-order valence-electron chi connectivity index (χ3n) is 5.65. The van der Waals surface area contributed by atoms with Crippen LogP contribution in [0.2, 0.25) is 10.0 Å². The van der Waals surface area contributed by atoms with Crippen LogP contribution in [0.3, 0.4) is 0 Å². The first-order chi connectivity index (χ1) is 17.5. The normalized spacial score (nSPS) is 12.0. The van der Waals surface area contributed by atoms with Crippen LogP contribution in [0.4, 0.5) is 5.69 Å². The molecule has 0 aromatic heterocycles. The molecule has 0 fully saturated rings. The highest BCUT2D eigenvalue weighted by Gasteiger charge is 2.32. The SMILES string of the molecule is CNC(=O)[C@H](Cc1ccccc1)N(Cc1ccc(Br)cc1)C(=O)CN(c1ccc(Cl)c(Cl)c1)S(C)(=O)=O. The van der Waals surface area contributed by atoms with Crippen LogP contribution in [0.15, 0.2) is 77.3 Å². The maximum Gasteiger partial charge on any atom is 0.244 e. The highest BCUT2D eigenvalue weighted by atomic mass is 79.9. The lowest BCUT2D eigenvalue weighted by atomic mass is 10.0. The number of benzene rings is 3. The van der Waals surface area contributed by atoms with E-state index in [0.29, 0.717) is 0 Å². The van der Waals surface area contributed by atoms with Gasteiger partial charge in [0.25, 0.3) is 0 Å². The predicted molar refractivity (Wildman–Crippen MR) is 151 cm³/mol. The average Bonchev–Trinajstić information content (AvgIpc) is 2.87. The molecule has 0 saturated carbocycles. The fourth-order valence-electron chi connectivity index (χ4n) is 3.76. The van der Waals surface area contributed by atoms with Crippen LogP contribution in [-0.2, 0) is 32.6 Å². The lowest BCUT2D eigenvalue weighted by Gasteiger charge is -2.33. The molecule has 7 nitrogen and oxygen atoms in total. The number of rotatable bonds is 10. The fourth-order valence-corrected chi connectivity index (χ4v) is 5.16. The van der Waals surface area contributed by atoms with E-state index in [1.165, 1.54) is 30.1 Å². The smallest absolute Gasteiger partial charge is 0.244 e. The van der Waals surface area contributed by atoms with Crippen molar-refractivity contribution in [3.05, 3.63) is 98.4 Å². The molecule has 3 aromatic rings. The van der Waals surface area contributed by atoms with Crippen LogP contribution >= 0.6 is 39.1 Å². The Morgan fingerprint density at radius 2 is 1.59 bits per heavy atom. The van der Waals surface area contributed by atoms with Gasteiger partial charge in [-0.25, -0.2) is 8.42 Å². The number of nitrogens with zero attached hydrogens (tertiary/aromatic N) is 2. The van der Waals surface area contributed by atoms with Gasteiger partial charge in [-0.3, -0.25) is 13.9 Å². The molecule has 196 valence electrons. The number of halogens is 3. The number of likely N-dealkylation sites (N-methyl/N-ethyl adjacent to an activating group) is 1. The standard InChI is InChI=1S/C26H26BrCl2N3O4S/c1-30-26(34)24(14-18-6-4-3-5-7-18)31(16-19-8-10-20(27)11-9-19)25(33)17-32(37(2,35)36)21-12-13-22(28)23(29)15-21/h3-13,15,24H,14,16-17H2,1-2H3,(H,30,34)/t24-/m0/s1. The second kappa shape index (κ2) is 12.8. The predicted octanol–water partition coefficient (Wildman–Crippen LogP) is 4.91. The van der Waals surface area contributed by atoms with E-state index in [2.05, 4.69) is 21.2 Å². The van der Waals surface area contributed by atoms with E-state index in [1.54, 1.807) is 0 Å². The zero-order chi connectivity index (χ0) is 27.2.